The Balaban J connectivity index is 3.19. The zero-order chi connectivity index (χ0) is 20.0. The van der Waals surface area contributed by atoms with E-state index in [0.717, 1.165) is 12.1 Å². The molecule has 0 spiro atoms. The van der Waals surface area contributed by atoms with E-state index < -0.39 is 27.0 Å². The first-order valence-corrected chi connectivity index (χ1v) is 9.68. The van der Waals surface area contributed by atoms with Gasteiger partial charge >= 0.3 is 6.73 Å². The average Bonchev–Trinajstić information content (AvgIpc) is 2.49. The molecule has 8 heteroatoms. The van der Waals surface area contributed by atoms with E-state index in [-0.39, 0.29) is 35.8 Å². The van der Waals surface area contributed by atoms with Crippen LogP contribution in [0.4, 0.5) is 10.1 Å². The van der Waals surface area contributed by atoms with Crippen molar-refractivity contribution in [2.75, 3.05) is 24.8 Å². The molecule has 144 valence electrons. The fourth-order valence-corrected chi connectivity index (χ4v) is 4.75. The van der Waals surface area contributed by atoms with Gasteiger partial charge in [0.05, 0.1) is 11.5 Å². The second-order valence-corrected chi connectivity index (χ2v) is 9.17. The molecular weight excluding hydrogens is 359 g/mol. The zero-order valence-corrected chi connectivity index (χ0v) is 16.4. The van der Waals surface area contributed by atoms with Crippen LogP contribution in [-0.4, -0.2) is 34.0 Å². The van der Waals surface area contributed by atoms with Crippen LogP contribution in [0.25, 0.3) is 4.85 Å². The van der Waals surface area contributed by atoms with Crippen LogP contribution in [0.1, 0.15) is 39.7 Å². The molecular formula is C18H25FN2O4S. The molecule has 0 aliphatic heterocycles. The summed E-state index contributed by atoms with van der Waals surface area (Å²) in [6, 6.07) is 3.39. The Morgan fingerprint density at radius 3 is 2.50 bits per heavy atom. The van der Waals surface area contributed by atoms with Gasteiger partial charge in [0.1, 0.15) is 5.82 Å². The molecule has 1 aromatic rings. The van der Waals surface area contributed by atoms with Crippen molar-refractivity contribution in [3.05, 3.63) is 51.1 Å². The highest BCUT2D eigenvalue weighted by Crippen LogP contribution is 2.34. The van der Waals surface area contributed by atoms with Gasteiger partial charge in [0.2, 0.25) is 0 Å². The zero-order valence-electron chi connectivity index (χ0n) is 15.6. The third-order valence-electron chi connectivity index (χ3n) is 3.84. The van der Waals surface area contributed by atoms with Gasteiger partial charge < -0.3 is 4.74 Å². The van der Waals surface area contributed by atoms with E-state index in [2.05, 4.69) is 4.85 Å². The summed E-state index contributed by atoms with van der Waals surface area (Å²) >= 11 is 0. The minimum Gasteiger partial charge on any atom is -0.313 e. The van der Waals surface area contributed by atoms with Crippen LogP contribution in [0.2, 0.25) is 0 Å². The monoisotopic (exact) mass is 384 g/mol. The highest BCUT2D eigenvalue weighted by atomic mass is 32.2. The van der Waals surface area contributed by atoms with Crippen LogP contribution >= 0.6 is 0 Å². The quantitative estimate of drug-likeness (QED) is 0.278. The molecule has 0 radical (unpaired) electrons. The highest BCUT2D eigenvalue weighted by Gasteiger charge is 2.34. The van der Waals surface area contributed by atoms with Crippen molar-refractivity contribution in [3.63, 3.8) is 0 Å². The normalized spacial score (nSPS) is 15.1. The van der Waals surface area contributed by atoms with Crippen LogP contribution in [0, 0.1) is 27.9 Å². The fraction of sp³-hybridized carbons (Fsp3) is 0.611. The van der Waals surface area contributed by atoms with E-state index in [1.165, 1.54) is 6.07 Å². The lowest BCUT2D eigenvalue weighted by atomic mass is 9.81. The van der Waals surface area contributed by atoms with Gasteiger partial charge in [0.25, 0.3) is 5.69 Å². The van der Waals surface area contributed by atoms with Crippen molar-refractivity contribution in [1.82, 2.24) is 0 Å². The van der Waals surface area contributed by atoms with E-state index in [4.69, 9.17) is 11.3 Å². The van der Waals surface area contributed by atoms with Crippen LogP contribution in [-0.2, 0) is 21.0 Å². The van der Waals surface area contributed by atoms with Crippen molar-refractivity contribution in [2.24, 2.45) is 5.41 Å². The average molecular weight is 384 g/mol. The Morgan fingerprint density at radius 2 is 1.96 bits per heavy atom. The molecule has 0 saturated carbocycles. The van der Waals surface area contributed by atoms with Crippen LogP contribution < -0.4 is 0 Å². The highest BCUT2D eigenvalue weighted by molar-refractivity contribution is 7.85. The fourth-order valence-electron chi connectivity index (χ4n) is 2.67. The number of rotatable bonds is 9. The smallest absolute Gasteiger partial charge is 0.313 e. The maximum atomic E-state index is 14.5. The number of nitro benzene ring substituents is 1. The molecule has 0 heterocycles. The molecule has 1 rings (SSSR count). The molecule has 0 amide bonds. The van der Waals surface area contributed by atoms with Gasteiger partial charge in [0.15, 0.2) is 0 Å². The van der Waals surface area contributed by atoms with Gasteiger partial charge in [-0.25, -0.2) is 11.0 Å². The molecule has 26 heavy (non-hydrogen) atoms. The summed E-state index contributed by atoms with van der Waals surface area (Å²) in [5.74, 6) is 0.0160. The Morgan fingerprint density at radius 1 is 1.31 bits per heavy atom. The third kappa shape index (κ3) is 6.81. The number of nitro groups is 1. The van der Waals surface area contributed by atoms with Gasteiger partial charge in [-0.05, 0) is 17.9 Å². The molecule has 6 nitrogen and oxygen atoms in total. The molecule has 0 saturated heterocycles. The molecule has 0 N–H and O–H groups in total. The second-order valence-electron chi connectivity index (χ2n) is 7.72. The molecule has 2 atom stereocenters. The molecule has 0 aliphatic rings. The number of halogens is 1. The number of ether oxygens (including phenoxy) is 1. The summed E-state index contributed by atoms with van der Waals surface area (Å²) in [5, 5.41) is 11.1. The van der Waals surface area contributed by atoms with E-state index in [1.54, 1.807) is 6.92 Å². The van der Waals surface area contributed by atoms with Gasteiger partial charge in [-0.3, -0.25) is 19.2 Å². The first-order chi connectivity index (χ1) is 12.0. The first-order valence-electron chi connectivity index (χ1n) is 8.19. The van der Waals surface area contributed by atoms with Crippen molar-refractivity contribution in [3.8, 4) is 0 Å². The topological polar surface area (TPSA) is 73.8 Å². The van der Waals surface area contributed by atoms with Gasteiger partial charge in [-0.15, -0.1) is 0 Å². The molecule has 0 fully saturated rings. The standard InChI is InChI=1S/C18H25FN2O4S/c1-17(2,3)11-26(24)12-18(4,8-9-25-13-20-5)15-10-14(21(22)23)6-7-16(15)19/h6-7,10H,8-9,11-13H2,1-4H3/t18-,26+/m1/s1. The van der Waals surface area contributed by atoms with E-state index >= 15 is 0 Å². The van der Waals surface area contributed by atoms with E-state index in [0.29, 0.717) is 12.2 Å². The molecule has 0 bridgehead atoms. The SMILES string of the molecule is [C-]#[N+]COCC[C@](C)(C[S@@](=O)CC(C)(C)C)c1cc([N+](=O)[O-])ccc1F. The third-order valence-corrected chi connectivity index (χ3v) is 5.99. The summed E-state index contributed by atoms with van der Waals surface area (Å²) in [7, 11) is -1.24. The summed E-state index contributed by atoms with van der Waals surface area (Å²) in [6.07, 6.45) is 0.302. The molecule has 1 aromatic carbocycles. The number of benzene rings is 1. The molecule has 0 aromatic heterocycles. The summed E-state index contributed by atoms with van der Waals surface area (Å²) in [6.45, 7) is 14.4. The summed E-state index contributed by atoms with van der Waals surface area (Å²) in [5.41, 5.74) is -1.13. The maximum Gasteiger partial charge on any atom is 0.318 e. The minimum atomic E-state index is -1.24. The van der Waals surface area contributed by atoms with Crippen molar-refractivity contribution in [2.45, 2.75) is 39.5 Å². The Kier molecular flexibility index (Phi) is 7.85. The minimum absolute atomic E-state index is 0.113. The second kappa shape index (κ2) is 9.19. The maximum absolute atomic E-state index is 14.5. The Labute approximate surface area is 156 Å². The van der Waals surface area contributed by atoms with Crippen molar-refractivity contribution >= 4 is 16.5 Å². The number of hydrogen-bond acceptors (Lipinski definition) is 4. The number of non-ortho nitro benzene ring substituents is 1. The van der Waals surface area contributed by atoms with E-state index in [1.807, 2.05) is 20.8 Å². The molecule has 0 aliphatic carbocycles. The predicted octanol–water partition coefficient (Wildman–Crippen LogP) is 4.07. The lowest BCUT2D eigenvalue weighted by Crippen LogP contribution is -2.34. The van der Waals surface area contributed by atoms with Crippen molar-refractivity contribution < 1.29 is 18.3 Å². The van der Waals surface area contributed by atoms with Gasteiger partial charge in [-0.1, -0.05) is 27.7 Å². The van der Waals surface area contributed by atoms with Crippen LogP contribution in [0.15, 0.2) is 18.2 Å². The largest absolute Gasteiger partial charge is 0.318 e. The Hall–Kier alpha value is -1.85. The lowest BCUT2D eigenvalue weighted by molar-refractivity contribution is -0.385. The molecule has 0 unspecified atom stereocenters. The number of nitrogens with zero attached hydrogens (tertiary/aromatic N) is 2. The van der Waals surface area contributed by atoms with Crippen LogP contribution in [0.3, 0.4) is 0 Å². The van der Waals surface area contributed by atoms with Gasteiger partial charge in [0, 0.05) is 45.4 Å². The predicted molar refractivity (Wildman–Crippen MR) is 99.8 cm³/mol. The van der Waals surface area contributed by atoms with Crippen molar-refractivity contribution in [1.29, 1.82) is 0 Å². The van der Waals surface area contributed by atoms with Crippen LogP contribution in [0.5, 0.6) is 0 Å². The summed E-state index contributed by atoms with van der Waals surface area (Å²) < 4.78 is 32.3. The number of hydrogen-bond donors (Lipinski definition) is 0. The Bertz CT molecular complexity index is 712. The van der Waals surface area contributed by atoms with Gasteiger partial charge in [-0.2, -0.15) is 0 Å². The lowest BCUT2D eigenvalue weighted by Gasteiger charge is -2.31. The first kappa shape index (κ1) is 22.2. The van der Waals surface area contributed by atoms with E-state index in [9.17, 15) is 18.7 Å². The summed E-state index contributed by atoms with van der Waals surface area (Å²) in [4.78, 5) is 13.6.